The van der Waals surface area contributed by atoms with E-state index in [0.29, 0.717) is 0 Å². The minimum absolute atomic E-state index is 0.00536. The van der Waals surface area contributed by atoms with Crippen LogP contribution in [0.1, 0.15) is 62.6 Å². The van der Waals surface area contributed by atoms with Gasteiger partial charge in [-0.15, -0.1) is 5.10 Å². The largest absolute Gasteiger partial charge is 0.391 e. The molecule has 1 aromatic heterocycles. The lowest BCUT2D eigenvalue weighted by molar-refractivity contribution is 0.0981. The van der Waals surface area contributed by atoms with Gasteiger partial charge in [-0.2, -0.15) is 0 Å². The summed E-state index contributed by atoms with van der Waals surface area (Å²) in [7, 11) is 0. The lowest BCUT2D eigenvalue weighted by Crippen LogP contribution is -2.23. The zero-order valence-electron chi connectivity index (χ0n) is 11.0. The summed E-state index contributed by atoms with van der Waals surface area (Å²) in [5, 5.41) is 13.8. The number of aliphatic hydroxyl groups is 1. The number of unbranched alkanes of at least 4 members (excludes halogenated alkanes) is 3. The highest BCUT2D eigenvalue weighted by Gasteiger charge is 2.19. The normalized spacial score (nSPS) is 14.4. The van der Waals surface area contributed by atoms with Gasteiger partial charge in [-0.3, -0.25) is 4.79 Å². The first-order chi connectivity index (χ1) is 8.56. The summed E-state index contributed by atoms with van der Waals surface area (Å²) in [6, 6.07) is -0.151. The van der Waals surface area contributed by atoms with Crippen LogP contribution in [0.25, 0.3) is 0 Å². The predicted molar refractivity (Wildman–Crippen MR) is 68.0 cm³/mol. The van der Waals surface area contributed by atoms with Gasteiger partial charge in [0.25, 0.3) is 5.91 Å². The number of primary amides is 1. The summed E-state index contributed by atoms with van der Waals surface area (Å²) in [5.41, 5.74) is 5.10. The monoisotopic (exact) mass is 254 g/mol. The minimum atomic E-state index is -0.649. The Morgan fingerprint density at radius 3 is 2.72 bits per heavy atom. The smallest absolute Gasteiger partial charge is 0.288 e. The Morgan fingerprint density at radius 2 is 2.22 bits per heavy atom. The zero-order chi connectivity index (χ0) is 13.5. The maximum atomic E-state index is 10.9. The van der Waals surface area contributed by atoms with Gasteiger partial charge in [-0.05, 0) is 13.3 Å². The number of hydrogen-bond acceptors (Lipinski definition) is 4. The SMILES string of the molecule is CCCCCC[C@H]([C@@H](C)O)n1cnc(C(N)=O)n1. The average Bonchev–Trinajstić information content (AvgIpc) is 2.77. The molecule has 0 saturated heterocycles. The van der Waals surface area contributed by atoms with Gasteiger partial charge in [-0.1, -0.05) is 32.6 Å². The fourth-order valence-electron chi connectivity index (χ4n) is 1.92. The number of nitrogens with zero attached hydrogens (tertiary/aromatic N) is 3. The molecule has 2 atom stereocenters. The van der Waals surface area contributed by atoms with Crippen molar-refractivity contribution in [3.63, 3.8) is 0 Å². The van der Waals surface area contributed by atoms with E-state index in [0.717, 1.165) is 19.3 Å². The number of carbonyl (C=O) groups is 1. The molecule has 0 saturated carbocycles. The van der Waals surface area contributed by atoms with Crippen LogP contribution in [-0.4, -0.2) is 31.9 Å². The third-order valence-corrected chi connectivity index (χ3v) is 2.98. The van der Waals surface area contributed by atoms with Crippen molar-refractivity contribution in [1.82, 2.24) is 14.8 Å². The molecule has 1 amide bonds. The summed E-state index contributed by atoms with van der Waals surface area (Å²) in [6.07, 6.45) is 6.27. The van der Waals surface area contributed by atoms with E-state index in [1.165, 1.54) is 23.9 Å². The van der Waals surface area contributed by atoms with E-state index in [4.69, 9.17) is 5.73 Å². The van der Waals surface area contributed by atoms with Crippen LogP contribution in [0.5, 0.6) is 0 Å². The number of nitrogens with two attached hydrogens (primary N) is 1. The molecule has 102 valence electrons. The second-order valence-electron chi connectivity index (χ2n) is 4.57. The maximum absolute atomic E-state index is 10.9. The standard InChI is InChI=1S/C12H22N4O2/c1-3-4-5-6-7-10(9(2)17)16-8-14-12(15-16)11(13)18/h8-10,17H,3-7H2,1-2H3,(H2,13,18)/t9-,10-/m1/s1. The summed E-state index contributed by atoms with van der Waals surface area (Å²) in [5.74, 6) is -0.654. The van der Waals surface area contributed by atoms with Crippen LogP contribution in [0.3, 0.4) is 0 Å². The van der Waals surface area contributed by atoms with Crippen LogP contribution in [0.2, 0.25) is 0 Å². The van der Waals surface area contributed by atoms with Crippen LogP contribution in [0, 0.1) is 0 Å². The Balaban J connectivity index is 2.62. The van der Waals surface area contributed by atoms with Crippen molar-refractivity contribution >= 4 is 5.91 Å². The molecular formula is C12H22N4O2. The van der Waals surface area contributed by atoms with Crippen LogP contribution < -0.4 is 5.73 Å². The van der Waals surface area contributed by atoms with Crippen molar-refractivity contribution in [2.24, 2.45) is 5.73 Å². The molecule has 6 heteroatoms. The zero-order valence-corrected chi connectivity index (χ0v) is 11.0. The Labute approximate surface area is 107 Å². The fraction of sp³-hybridized carbons (Fsp3) is 0.750. The van der Waals surface area contributed by atoms with Gasteiger partial charge in [-0.25, -0.2) is 9.67 Å². The van der Waals surface area contributed by atoms with Gasteiger partial charge in [0.2, 0.25) is 5.82 Å². The number of amides is 1. The van der Waals surface area contributed by atoms with Crippen LogP contribution in [-0.2, 0) is 0 Å². The highest BCUT2D eigenvalue weighted by atomic mass is 16.3. The molecule has 6 nitrogen and oxygen atoms in total. The molecule has 1 aromatic rings. The molecule has 1 rings (SSSR count). The van der Waals surface area contributed by atoms with Crippen molar-refractivity contribution in [2.45, 2.75) is 58.1 Å². The first kappa shape index (κ1) is 14.6. The van der Waals surface area contributed by atoms with E-state index < -0.39 is 12.0 Å². The molecule has 18 heavy (non-hydrogen) atoms. The van der Waals surface area contributed by atoms with Gasteiger partial charge in [0.1, 0.15) is 6.33 Å². The van der Waals surface area contributed by atoms with E-state index in [9.17, 15) is 9.90 Å². The number of aliphatic hydroxyl groups excluding tert-OH is 1. The average molecular weight is 254 g/mol. The molecule has 0 spiro atoms. The molecule has 0 aromatic carbocycles. The van der Waals surface area contributed by atoms with E-state index in [-0.39, 0.29) is 11.9 Å². The molecule has 0 fully saturated rings. The molecule has 0 aliphatic rings. The molecule has 1 heterocycles. The number of carbonyl (C=O) groups excluding carboxylic acids is 1. The molecule has 0 bridgehead atoms. The molecule has 3 N–H and O–H groups in total. The van der Waals surface area contributed by atoms with Crippen LogP contribution >= 0.6 is 0 Å². The molecule has 0 unspecified atom stereocenters. The second kappa shape index (κ2) is 7.10. The van der Waals surface area contributed by atoms with Gasteiger partial charge in [0.05, 0.1) is 12.1 Å². The summed E-state index contributed by atoms with van der Waals surface area (Å²) < 4.78 is 1.54. The van der Waals surface area contributed by atoms with Crippen molar-refractivity contribution in [3.8, 4) is 0 Å². The summed E-state index contributed by atoms with van der Waals surface area (Å²) in [4.78, 5) is 14.8. The first-order valence-electron chi connectivity index (χ1n) is 6.45. The molecule has 0 aliphatic carbocycles. The van der Waals surface area contributed by atoms with Gasteiger partial charge in [0, 0.05) is 0 Å². The van der Waals surface area contributed by atoms with Gasteiger partial charge >= 0.3 is 0 Å². The third kappa shape index (κ3) is 4.10. The molecule has 0 radical (unpaired) electrons. The highest BCUT2D eigenvalue weighted by molar-refractivity contribution is 5.88. The van der Waals surface area contributed by atoms with Crippen molar-refractivity contribution in [1.29, 1.82) is 0 Å². The van der Waals surface area contributed by atoms with E-state index >= 15 is 0 Å². The summed E-state index contributed by atoms with van der Waals surface area (Å²) in [6.45, 7) is 3.87. The molecule has 0 aliphatic heterocycles. The highest BCUT2D eigenvalue weighted by Crippen LogP contribution is 2.19. The quantitative estimate of drug-likeness (QED) is 0.683. The van der Waals surface area contributed by atoms with Gasteiger partial charge < -0.3 is 10.8 Å². The van der Waals surface area contributed by atoms with E-state index in [2.05, 4.69) is 17.0 Å². The van der Waals surface area contributed by atoms with E-state index in [1.807, 2.05) is 0 Å². The van der Waals surface area contributed by atoms with Crippen molar-refractivity contribution < 1.29 is 9.90 Å². The van der Waals surface area contributed by atoms with E-state index in [1.54, 1.807) is 6.92 Å². The lowest BCUT2D eigenvalue weighted by atomic mass is 10.0. The lowest BCUT2D eigenvalue weighted by Gasteiger charge is -2.19. The summed E-state index contributed by atoms with van der Waals surface area (Å²) >= 11 is 0. The second-order valence-corrected chi connectivity index (χ2v) is 4.57. The number of hydrogen-bond donors (Lipinski definition) is 2. The van der Waals surface area contributed by atoms with Crippen molar-refractivity contribution in [2.75, 3.05) is 0 Å². The third-order valence-electron chi connectivity index (χ3n) is 2.98. The van der Waals surface area contributed by atoms with Gasteiger partial charge in [0.15, 0.2) is 0 Å². The maximum Gasteiger partial charge on any atom is 0.288 e. The Hall–Kier alpha value is -1.43. The Bertz CT molecular complexity index is 376. The first-order valence-corrected chi connectivity index (χ1v) is 6.45. The Kier molecular flexibility index (Phi) is 5.77. The topological polar surface area (TPSA) is 94.0 Å². The number of aromatic nitrogens is 3. The number of rotatable bonds is 8. The van der Waals surface area contributed by atoms with Crippen LogP contribution in [0.15, 0.2) is 6.33 Å². The van der Waals surface area contributed by atoms with Crippen LogP contribution in [0.4, 0.5) is 0 Å². The fourth-order valence-corrected chi connectivity index (χ4v) is 1.92. The minimum Gasteiger partial charge on any atom is -0.391 e. The Morgan fingerprint density at radius 1 is 1.50 bits per heavy atom. The van der Waals surface area contributed by atoms with Crippen molar-refractivity contribution in [3.05, 3.63) is 12.2 Å². The molecular weight excluding hydrogens is 232 g/mol. The predicted octanol–water partition coefficient (Wildman–Crippen LogP) is 1.27.